The third kappa shape index (κ3) is 3.08. The normalized spacial score (nSPS) is 19.2. The summed E-state index contributed by atoms with van der Waals surface area (Å²) < 4.78 is 0. The molecule has 2 rings (SSSR count). The highest BCUT2D eigenvalue weighted by Crippen LogP contribution is 2.29. The first kappa shape index (κ1) is 14.3. The molecular formula is C15H19N3O2. The Morgan fingerprint density at radius 2 is 2.25 bits per heavy atom. The molecule has 1 aromatic rings. The molecule has 1 aliphatic rings. The Morgan fingerprint density at radius 3 is 2.90 bits per heavy atom. The SMILES string of the molecule is CCC1CCCN(c2ccc([N+](=O)[O-])cc2C#N)CC1. The number of nitro benzene ring substituents is 1. The minimum absolute atomic E-state index is 0.0217. The van der Waals surface area contributed by atoms with Crippen molar-refractivity contribution in [3.05, 3.63) is 33.9 Å². The number of anilines is 1. The molecule has 5 heteroatoms. The van der Waals surface area contributed by atoms with Crippen LogP contribution in [0.1, 0.15) is 38.2 Å². The number of non-ortho nitro benzene ring substituents is 1. The Labute approximate surface area is 119 Å². The van der Waals surface area contributed by atoms with Gasteiger partial charge in [0.05, 0.1) is 16.2 Å². The molecule has 20 heavy (non-hydrogen) atoms. The summed E-state index contributed by atoms with van der Waals surface area (Å²) in [6, 6.07) is 6.66. The quantitative estimate of drug-likeness (QED) is 0.624. The summed E-state index contributed by atoms with van der Waals surface area (Å²) in [6.07, 6.45) is 4.65. The Kier molecular flexibility index (Phi) is 4.57. The van der Waals surface area contributed by atoms with Gasteiger partial charge in [0.15, 0.2) is 0 Å². The molecule has 1 unspecified atom stereocenters. The fourth-order valence-corrected chi connectivity index (χ4v) is 2.82. The number of benzene rings is 1. The van der Waals surface area contributed by atoms with Crippen LogP contribution in [0.15, 0.2) is 18.2 Å². The number of rotatable bonds is 3. The zero-order valence-electron chi connectivity index (χ0n) is 11.7. The van der Waals surface area contributed by atoms with E-state index in [0.717, 1.165) is 37.5 Å². The molecule has 5 nitrogen and oxygen atoms in total. The van der Waals surface area contributed by atoms with Crippen molar-refractivity contribution in [3.63, 3.8) is 0 Å². The van der Waals surface area contributed by atoms with Gasteiger partial charge in [-0.3, -0.25) is 10.1 Å². The second kappa shape index (κ2) is 6.38. The van der Waals surface area contributed by atoms with Gasteiger partial charge in [-0.05, 0) is 31.2 Å². The third-order valence-corrected chi connectivity index (χ3v) is 4.08. The molecule has 1 atom stereocenters. The standard InChI is InChI=1S/C15H19N3O2/c1-2-12-4-3-8-17(9-7-12)15-6-5-14(18(19)20)10-13(15)11-16/h5-6,10,12H,2-4,7-9H2,1H3. The maximum absolute atomic E-state index is 10.8. The summed E-state index contributed by atoms with van der Waals surface area (Å²) in [5, 5.41) is 20.0. The number of nitrogens with zero attached hydrogens (tertiary/aromatic N) is 3. The average molecular weight is 273 g/mol. The van der Waals surface area contributed by atoms with Crippen molar-refractivity contribution in [3.8, 4) is 6.07 Å². The Morgan fingerprint density at radius 1 is 1.45 bits per heavy atom. The van der Waals surface area contributed by atoms with Crippen molar-refractivity contribution in [2.75, 3.05) is 18.0 Å². The van der Waals surface area contributed by atoms with E-state index in [0.29, 0.717) is 5.56 Å². The predicted molar refractivity (Wildman–Crippen MR) is 77.7 cm³/mol. The Balaban J connectivity index is 2.24. The maximum atomic E-state index is 10.8. The van der Waals surface area contributed by atoms with E-state index < -0.39 is 4.92 Å². The molecule has 106 valence electrons. The fraction of sp³-hybridized carbons (Fsp3) is 0.533. The zero-order chi connectivity index (χ0) is 14.5. The monoisotopic (exact) mass is 273 g/mol. The molecule has 0 spiro atoms. The predicted octanol–water partition coefficient (Wildman–Crippen LogP) is 3.48. The van der Waals surface area contributed by atoms with E-state index in [1.807, 2.05) is 0 Å². The van der Waals surface area contributed by atoms with Gasteiger partial charge in [-0.15, -0.1) is 0 Å². The van der Waals surface area contributed by atoms with Gasteiger partial charge in [-0.25, -0.2) is 0 Å². The molecule has 0 aliphatic carbocycles. The van der Waals surface area contributed by atoms with Gasteiger partial charge < -0.3 is 4.90 Å². The van der Waals surface area contributed by atoms with Gasteiger partial charge in [0.2, 0.25) is 0 Å². The van der Waals surface area contributed by atoms with Crippen LogP contribution in [0.3, 0.4) is 0 Å². The van der Waals surface area contributed by atoms with E-state index >= 15 is 0 Å². The van der Waals surface area contributed by atoms with Crippen molar-refractivity contribution in [1.82, 2.24) is 0 Å². The van der Waals surface area contributed by atoms with Crippen molar-refractivity contribution < 1.29 is 4.92 Å². The number of nitro groups is 1. The molecule has 0 N–H and O–H groups in total. The van der Waals surface area contributed by atoms with Gasteiger partial charge >= 0.3 is 0 Å². The van der Waals surface area contributed by atoms with Gasteiger partial charge in [0.25, 0.3) is 5.69 Å². The maximum Gasteiger partial charge on any atom is 0.270 e. The summed E-state index contributed by atoms with van der Waals surface area (Å²) in [5.74, 6) is 0.753. The first-order valence-corrected chi connectivity index (χ1v) is 7.09. The van der Waals surface area contributed by atoms with Crippen molar-refractivity contribution in [2.45, 2.75) is 32.6 Å². The lowest BCUT2D eigenvalue weighted by Crippen LogP contribution is -2.25. The van der Waals surface area contributed by atoms with Crippen molar-refractivity contribution in [1.29, 1.82) is 5.26 Å². The highest BCUT2D eigenvalue weighted by Gasteiger charge is 2.19. The van der Waals surface area contributed by atoms with Crippen molar-refractivity contribution >= 4 is 11.4 Å². The highest BCUT2D eigenvalue weighted by molar-refractivity contribution is 5.63. The van der Waals surface area contributed by atoms with Crippen LogP contribution in [0, 0.1) is 27.4 Å². The molecule has 1 heterocycles. The second-order valence-electron chi connectivity index (χ2n) is 5.26. The van der Waals surface area contributed by atoms with E-state index in [2.05, 4.69) is 17.9 Å². The zero-order valence-corrected chi connectivity index (χ0v) is 11.7. The van der Waals surface area contributed by atoms with Crippen LogP contribution < -0.4 is 4.90 Å². The molecule has 1 aromatic carbocycles. The summed E-state index contributed by atoms with van der Waals surface area (Å²) in [6.45, 7) is 4.06. The van der Waals surface area contributed by atoms with E-state index in [-0.39, 0.29) is 5.69 Å². The van der Waals surface area contributed by atoms with Crippen LogP contribution in [-0.4, -0.2) is 18.0 Å². The first-order valence-electron chi connectivity index (χ1n) is 7.09. The van der Waals surface area contributed by atoms with Crippen LogP contribution in [0.2, 0.25) is 0 Å². The lowest BCUT2D eigenvalue weighted by atomic mass is 9.98. The molecule has 0 saturated carbocycles. The van der Waals surface area contributed by atoms with Crippen LogP contribution in [0.25, 0.3) is 0 Å². The fourth-order valence-electron chi connectivity index (χ4n) is 2.82. The van der Waals surface area contributed by atoms with E-state index in [1.54, 1.807) is 6.07 Å². The summed E-state index contributed by atoms with van der Waals surface area (Å²) in [5.41, 5.74) is 1.20. The van der Waals surface area contributed by atoms with Gasteiger partial charge in [-0.2, -0.15) is 5.26 Å². The number of hydrogen-bond acceptors (Lipinski definition) is 4. The Bertz CT molecular complexity index is 536. The smallest absolute Gasteiger partial charge is 0.270 e. The molecule has 1 saturated heterocycles. The highest BCUT2D eigenvalue weighted by atomic mass is 16.6. The van der Waals surface area contributed by atoms with E-state index in [9.17, 15) is 15.4 Å². The minimum Gasteiger partial charge on any atom is -0.370 e. The summed E-state index contributed by atoms with van der Waals surface area (Å²) >= 11 is 0. The minimum atomic E-state index is -0.458. The third-order valence-electron chi connectivity index (χ3n) is 4.08. The van der Waals surface area contributed by atoms with Crippen LogP contribution >= 0.6 is 0 Å². The molecule has 1 aliphatic heterocycles. The van der Waals surface area contributed by atoms with Gasteiger partial charge in [-0.1, -0.05) is 13.3 Å². The van der Waals surface area contributed by atoms with E-state index in [1.165, 1.54) is 25.0 Å². The number of hydrogen-bond donors (Lipinski definition) is 0. The van der Waals surface area contributed by atoms with Gasteiger partial charge in [0.1, 0.15) is 6.07 Å². The Hall–Kier alpha value is -2.09. The average Bonchev–Trinajstić information content (AvgIpc) is 2.71. The number of nitriles is 1. The van der Waals surface area contributed by atoms with Crippen LogP contribution in [0.4, 0.5) is 11.4 Å². The van der Waals surface area contributed by atoms with Gasteiger partial charge in [0, 0.05) is 25.2 Å². The summed E-state index contributed by atoms with van der Waals surface area (Å²) in [4.78, 5) is 12.5. The molecule has 0 bridgehead atoms. The second-order valence-corrected chi connectivity index (χ2v) is 5.26. The van der Waals surface area contributed by atoms with Crippen LogP contribution in [-0.2, 0) is 0 Å². The van der Waals surface area contributed by atoms with E-state index in [4.69, 9.17) is 0 Å². The topological polar surface area (TPSA) is 70.2 Å². The molecule has 0 aromatic heterocycles. The molecule has 0 amide bonds. The lowest BCUT2D eigenvalue weighted by Gasteiger charge is -2.23. The first-order chi connectivity index (χ1) is 9.65. The summed E-state index contributed by atoms with van der Waals surface area (Å²) in [7, 11) is 0. The lowest BCUT2D eigenvalue weighted by molar-refractivity contribution is -0.384. The largest absolute Gasteiger partial charge is 0.370 e. The molecule has 1 fully saturated rings. The van der Waals surface area contributed by atoms with Crippen LogP contribution in [0.5, 0.6) is 0 Å². The van der Waals surface area contributed by atoms with Crippen molar-refractivity contribution in [2.24, 2.45) is 5.92 Å². The molecule has 0 radical (unpaired) electrons. The molecular weight excluding hydrogens is 254 g/mol.